The van der Waals surface area contributed by atoms with Gasteiger partial charge in [-0.1, -0.05) is 23.2 Å². The van der Waals surface area contributed by atoms with E-state index in [1.165, 1.54) is 0 Å². The molecule has 2 unspecified atom stereocenters. The van der Waals surface area contributed by atoms with Crippen LogP contribution in [0.25, 0.3) is 0 Å². The van der Waals surface area contributed by atoms with E-state index in [0.29, 0.717) is 6.42 Å². The average molecular weight is 644 g/mol. The lowest BCUT2D eigenvalue weighted by Gasteiger charge is -2.34. The zero-order valence-electron chi connectivity index (χ0n) is 19.2. The summed E-state index contributed by atoms with van der Waals surface area (Å²) >= 11 is 12.7. The van der Waals surface area contributed by atoms with Gasteiger partial charge >= 0.3 is 31.2 Å². The molecular weight excluding hydrogens is 627 g/mol. The number of aryl methyl sites for hydroxylation is 1. The first-order valence-corrected chi connectivity index (χ1v) is 14.6. The second kappa shape index (κ2) is 9.99. The molecule has 1 fully saturated rings. The van der Waals surface area contributed by atoms with Crippen molar-refractivity contribution in [1.29, 1.82) is 0 Å². The maximum atomic E-state index is 13.2. The second-order valence-electron chi connectivity index (χ2n) is 8.85. The number of carbonyl (C=O) groups excluding carboxylic acids is 1. The maximum absolute atomic E-state index is 13.2. The van der Waals surface area contributed by atoms with Crippen LogP contribution in [0.3, 0.4) is 0 Å². The van der Waals surface area contributed by atoms with Crippen LogP contribution in [-0.2, 0) is 31.4 Å². The average Bonchev–Trinajstić information content (AvgIpc) is 3.41. The van der Waals surface area contributed by atoms with E-state index in [1.807, 2.05) is 0 Å². The first-order chi connectivity index (χ1) is 17.8. The van der Waals surface area contributed by atoms with Crippen molar-refractivity contribution in [2.24, 2.45) is 5.92 Å². The summed E-state index contributed by atoms with van der Waals surface area (Å²) in [5.74, 6) is -4.03. The molecule has 39 heavy (non-hydrogen) atoms. The Hall–Kier alpha value is -2.24. The lowest BCUT2D eigenvalue weighted by molar-refractivity contribution is -0.123. The Labute approximate surface area is 227 Å². The van der Waals surface area contributed by atoms with Crippen LogP contribution in [0.4, 0.5) is 26.3 Å². The molecule has 2 aliphatic rings. The van der Waals surface area contributed by atoms with Crippen LogP contribution in [-0.4, -0.2) is 49.5 Å². The Kier molecular flexibility index (Phi) is 7.62. The molecule has 0 saturated carbocycles. The fourth-order valence-corrected chi connectivity index (χ4v) is 6.72. The molecule has 1 saturated heterocycles. The molecule has 19 heteroatoms. The van der Waals surface area contributed by atoms with Gasteiger partial charge < -0.3 is 9.50 Å². The minimum absolute atomic E-state index is 0.00131. The third-order valence-corrected chi connectivity index (χ3v) is 9.37. The SMILES string of the molecule is O=C1NCCC1[C@H](c1c(Cl)cc(OS(=O)(=O)C(F)(F)F)cc1Cl)C1CCCc2nn(S(=O)(=O)C(F)(F)F)cc21. The van der Waals surface area contributed by atoms with Crippen molar-refractivity contribution in [2.45, 2.75) is 48.5 Å². The van der Waals surface area contributed by atoms with Crippen LogP contribution < -0.4 is 9.50 Å². The molecule has 4 rings (SSSR count). The molecule has 216 valence electrons. The zero-order valence-corrected chi connectivity index (χ0v) is 22.3. The van der Waals surface area contributed by atoms with E-state index in [2.05, 4.69) is 14.6 Å². The monoisotopic (exact) mass is 643 g/mol. The summed E-state index contributed by atoms with van der Waals surface area (Å²) in [6.45, 7) is 0.224. The summed E-state index contributed by atoms with van der Waals surface area (Å²) in [5, 5.41) is 5.50. The van der Waals surface area contributed by atoms with Gasteiger partial charge in [0.2, 0.25) is 5.91 Å². The molecule has 9 nitrogen and oxygen atoms in total. The molecule has 0 radical (unpaired) electrons. The third-order valence-electron chi connectivity index (χ3n) is 6.50. The predicted octanol–water partition coefficient (Wildman–Crippen LogP) is 4.46. The van der Waals surface area contributed by atoms with E-state index in [1.54, 1.807) is 0 Å². The third kappa shape index (κ3) is 5.41. The van der Waals surface area contributed by atoms with E-state index in [0.717, 1.165) is 18.3 Å². The van der Waals surface area contributed by atoms with Crippen LogP contribution in [0.2, 0.25) is 10.0 Å². The van der Waals surface area contributed by atoms with Gasteiger partial charge in [-0.3, -0.25) is 4.79 Å². The first kappa shape index (κ1) is 29.7. The molecule has 1 amide bonds. The molecule has 0 spiro atoms. The zero-order chi connectivity index (χ0) is 29.1. The van der Waals surface area contributed by atoms with Gasteiger partial charge in [-0.15, -0.1) is 0 Å². The fourth-order valence-electron chi connectivity index (χ4n) is 4.89. The number of aromatic nitrogens is 2. The normalized spacial score (nSPS) is 21.4. The molecule has 1 N–H and O–H groups in total. The number of rotatable bonds is 6. The van der Waals surface area contributed by atoms with E-state index >= 15 is 0 Å². The van der Waals surface area contributed by atoms with Crippen molar-refractivity contribution in [3.8, 4) is 5.75 Å². The van der Waals surface area contributed by atoms with Crippen molar-refractivity contribution in [3.05, 3.63) is 45.2 Å². The van der Waals surface area contributed by atoms with Gasteiger partial charge in [-0.05, 0) is 42.7 Å². The lowest BCUT2D eigenvalue weighted by atomic mass is 9.69. The molecule has 2 aromatic rings. The number of hydrogen-bond acceptors (Lipinski definition) is 7. The number of carbonyl (C=O) groups is 1. The molecular formula is C20H17Cl2F6N3O6S2. The smallest absolute Gasteiger partial charge is 0.376 e. The Balaban J connectivity index is 1.84. The minimum Gasteiger partial charge on any atom is -0.376 e. The Morgan fingerprint density at radius 3 is 2.13 bits per heavy atom. The summed E-state index contributed by atoms with van der Waals surface area (Å²) in [6.07, 6.45) is 1.66. The molecule has 1 aliphatic carbocycles. The van der Waals surface area contributed by atoms with Gasteiger partial charge in [0, 0.05) is 46.8 Å². The molecule has 2 heterocycles. The number of alkyl halides is 6. The van der Waals surface area contributed by atoms with E-state index < -0.39 is 60.6 Å². The van der Waals surface area contributed by atoms with Crippen LogP contribution in [0.15, 0.2) is 18.3 Å². The molecule has 1 aromatic heterocycles. The van der Waals surface area contributed by atoms with Crippen molar-refractivity contribution in [2.75, 3.05) is 6.54 Å². The van der Waals surface area contributed by atoms with Crippen LogP contribution in [0.5, 0.6) is 5.75 Å². The molecule has 3 atom stereocenters. The minimum atomic E-state index is -6.07. The van der Waals surface area contributed by atoms with E-state index in [9.17, 15) is 48.0 Å². The summed E-state index contributed by atoms with van der Waals surface area (Å²) in [6, 6.07) is 1.51. The quantitative estimate of drug-likeness (QED) is 0.280. The topological polar surface area (TPSA) is 124 Å². The highest BCUT2D eigenvalue weighted by Crippen LogP contribution is 2.51. The molecule has 0 bridgehead atoms. The molecule has 1 aromatic carbocycles. The van der Waals surface area contributed by atoms with Crippen molar-refractivity contribution >= 4 is 49.3 Å². The van der Waals surface area contributed by atoms with Gasteiger partial charge in [-0.25, -0.2) is 0 Å². The number of nitrogens with zero attached hydrogens (tertiary/aromatic N) is 2. The summed E-state index contributed by atoms with van der Waals surface area (Å²) in [5.41, 5.74) is -11.2. The van der Waals surface area contributed by atoms with Crippen LogP contribution >= 0.6 is 23.2 Å². The summed E-state index contributed by atoms with van der Waals surface area (Å²) < 4.78 is 129. The summed E-state index contributed by atoms with van der Waals surface area (Å²) in [7, 11) is -11.9. The van der Waals surface area contributed by atoms with Crippen molar-refractivity contribution < 1.29 is 52.2 Å². The van der Waals surface area contributed by atoms with Crippen LogP contribution in [0, 0.1) is 5.92 Å². The lowest BCUT2D eigenvalue weighted by Crippen LogP contribution is -2.30. The molecule has 1 aliphatic heterocycles. The highest BCUT2D eigenvalue weighted by Gasteiger charge is 2.50. The van der Waals surface area contributed by atoms with Gasteiger partial charge in [0.05, 0.1) is 5.69 Å². The fraction of sp³-hybridized carbons (Fsp3) is 0.500. The Morgan fingerprint density at radius 2 is 1.62 bits per heavy atom. The van der Waals surface area contributed by atoms with Gasteiger partial charge in [-0.2, -0.15) is 52.4 Å². The largest absolute Gasteiger partial charge is 0.534 e. The van der Waals surface area contributed by atoms with Crippen LogP contribution in [0.1, 0.15) is 47.9 Å². The number of fused-ring (bicyclic) bond motifs is 1. The Bertz CT molecular complexity index is 1500. The number of nitrogens with one attached hydrogen (secondary N) is 1. The Morgan fingerprint density at radius 1 is 1.00 bits per heavy atom. The standard InChI is InChI=1S/C20H17Cl2F6N3O6S2/c21-13-6-9(37-39(35,36)20(26,27)28)7-14(22)17(13)16(11-4-5-29-18(11)32)10-2-1-3-15-12(10)8-31(30-15)38(33,34)19(23,24)25/h6-8,10-11,16H,1-5H2,(H,29,32)/t10?,11?,16-/m1/s1. The first-order valence-electron chi connectivity index (χ1n) is 11.0. The predicted molar refractivity (Wildman–Crippen MR) is 124 cm³/mol. The second-order valence-corrected chi connectivity index (χ2v) is 13.0. The van der Waals surface area contributed by atoms with Crippen molar-refractivity contribution in [3.63, 3.8) is 0 Å². The number of benzene rings is 1. The van der Waals surface area contributed by atoms with Gasteiger partial charge in [0.15, 0.2) is 0 Å². The van der Waals surface area contributed by atoms with Gasteiger partial charge in [0.1, 0.15) is 5.75 Å². The summed E-state index contributed by atoms with van der Waals surface area (Å²) in [4.78, 5) is 12.7. The van der Waals surface area contributed by atoms with Gasteiger partial charge in [0.25, 0.3) is 0 Å². The number of hydrogen-bond donors (Lipinski definition) is 1. The highest BCUT2D eigenvalue weighted by molar-refractivity contribution is 7.90. The van der Waals surface area contributed by atoms with E-state index in [-0.39, 0.29) is 56.8 Å². The number of halogens is 8. The maximum Gasteiger partial charge on any atom is 0.534 e. The van der Waals surface area contributed by atoms with Crippen molar-refractivity contribution in [1.82, 2.24) is 14.5 Å². The number of amides is 1. The highest BCUT2D eigenvalue weighted by atomic mass is 35.5. The van der Waals surface area contributed by atoms with E-state index in [4.69, 9.17) is 23.2 Å².